The van der Waals surface area contributed by atoms with Crippen LogP contribution in [0.25, 0.3) is 0 Å². The first kappa shape index (κ1) is 15.9. The molecule has 0 saturated heterocycles. The molecule has 106 valence electrons. The molecule has 0 aliphatic rings. The molecule has 0 saturated carbocycles. The lowest BCUT2D eigenvalue weighted by Gasteiger charge is -2.08. The summed E-state index contributed by atoms with van der Waals surface area (Å²) in [6, 6.07) is 9.36. The second-order valence-corrected chi connectivity index (χ2v) is 4.24. The number of nitrogens with zero attached hydrogens (tertiary/aromatic N) is 3. The van der Waals surface area contributed by atoms with E-state index in [1.807, 2.05) is 0 Å². The fourth-order valence-corrected chi connectivity index (χ4v) is 1.54. The molecule has 1 unspecified atom stereocenters. The van der Waals surface area contributed by atoms with Crippen molar-refractivity contribution >= 4 is 23.2 Å². The minimum Gasteiger partial charge on any atom is -0.481 e. The van der Waals surface area contributed by atoms with Crippen LogP contribution in [0.4, 0.5) is 5.69 Å². The van der Waals surface area contributed by atoms with Gasteiger partial charge in [0, 0.05) is 11.5 Å². The van der Waals surface area contributed by atoms with Crippen molar-refractivity contribution < 1.29 is 14.7 Å². The standard InChI is InChI=1S/C14H12N4O3/c1-9(6-13(19)20)14(21)10-2-4-11(5-3-10)17-18-12(7-15)8-16/h2-5,9,17H,6H2,1H3,(H,19,20). The third-order valence-corrected chi connectivity index (χ3v) is 2.61. The minimum absolute atomic E-state index is 0.225. The number of hydrogen-bond acceptors (Lipinski definition) is 6. The highest BCUT2D eigenvalue weighted by atomic mass is 16.4. The van der Waals surface area contributed by atoms with Crippen molar-refractivity contribution in [1.29, 1.82) is 10.5 Å². The van der Waals surface area contributed by atoms with Crippen molar-refractivity contribution in [3.63, 3.8) is 0 Å². The summed E-state index contributed by atoms with van der Waals surface area (Å²) >= 11 is 0. The summed E-state index contributed by atoms with van der Waals surface area (Å²) in [5.41, 5.74) is 3.09. The highest BCUT2D eigenvalue weighted by Gasteiger charge is 2.17. The maximum absolute atomic E-state index is 12.0. The Balaban J connectivity index is 2.77. The Morgan fingerprint density at radius 1 is 1.29 bits per heavy atom. The molecular formula is C14H12N4O3. The molecular weight excluding hydrogens is 272 g/mol. The van der Waals surface area contributed by atoms with Crippen LogP contribution in [0.1, 0.15) is 23.7 Å². The molecule has 0 radical (unpaired) electrons. The zero-order valence-corrected chi connectivity index (χ0v) is 11.2. The van der Waals surface area contributed by atoms with Crippen molar-refractivity contribution in [3.05, 3.63) is 29.8 Å². The van der Waals surface area contributed by atoms with E-state index in [1.165, 1.54) is 12.1 Å². The number of aliphatic carboxylic acids is 1. The molecule has 0 amide bonds. The van der Waals surface area contributed by atoms with Crippen molar-refractivity contribution in [2.24, 2.45) is 11.0 Å². The number of carboxylic acids is 1. The Kier molecular flexibility index (Phi) is 5.60. The predicted molar refractivity (Wildman–Crippen MR) is 74.5 cm³/mol. The van der Waals surface area contributed by atoms with E-state index in [4.69, 9.17) is 15.6 Å². The van der Waals surface area contributed by atoms with Gasteiger partial charge in [-0.15, -0.1) is 0 Å². The van der Waals surface area contributed by atoms with E-state index in [-0.39, 0.29) is 17.9 Å². The molecule has 1 rings (SSSR count). The van der Waals surface area contributed by atoms with Crippen LogP contribution in [0.3, 0.4) is 0 Å². The zero-order chi connectivity index (χ0) is 15.8. The van der Waals surface area contributed by atoms with Crippen LogP contribution in [0.5, 0.6) is 0 Å². The monoisotopic (exact) mass is 284 g/mol. The topological polar surface area (TPSA) is 126 Å². The lowest BCUT2D eigenvalue weighted by atomic mass is 9.96. The molecule has 0 fully saturated rings. The molecule has 0 bridgehead atoms. The molecule has 7 heteroatoms. The summed E-state index contributed by atoms with van der Waals surface area (Å²) in [5.74, 6) is -1.89. The number of hydrogen-bond donors (Lipinski definition) is 2. The van der Waals surface area contributed by atoms with Gasteiger partial charge in [0.25, 0.3) is 0 Å². The van der Waals surface area contributed by atoms with Crippen LogP contribution in [0.2, 0.25) is 0 Å². The first-order valence-electron chi connectivity index (χ1n) is 5.98. The molecule has 0 aliphatic heterocycles. The molecule has 7 nitrogen and oxygen atoms in total. The summed E-state index contributed by atoms with van der Waals surface area (Å²) in [6.45, 7) is 1.55. The normalized spacial score (nSPS) is 10.6. The third-order valence-electron chi connectivity index (χ3n) is 2.61. The van der Waals surface area contributed by atoms with Gasteiger partial charge in [-0.05, 0) is 24.3 Å². The van der Waals surface area contributed by atoms with Crippen molar-refractivity contribution in [1.82, 2.24) is 0 Å². The maximum Gasteiger partial charge on any atom is 0.304 e. The summed E-state index contributed by atoms with van der Waals surface area (Å²) in [4.78, 5) is 22.5. The Bertz CT molecular complexity index is 634. The SMILES string of the molecule is CC(CC(=O)O)C(=O)c1ccc(NN=C(C#N)C#N)cc1. The second-order valence-electron chi connectivity index (χ2n) is 4.24. The summed E-state index contributed by atoms with van der Waals surface area (Å²) in [6.07, 6.45) is -0.225. The van der Waals surface area contributed by atoms with Gasteiger partial charge in [0.05, 0.1) is 12.1 Å². The number of nitrogens with one attached hydrogen (secondary N) is 1. The smallest absolute Gasteiger partial charge is 0.304 e. The Labute approximate surface area is 121 Å². The Morgan fingerprint density at radius 2 is 1.86 bits per heavy atom. The largest absolute Gasteiger partial charge is 0.481 e. The van der Waals surface area contributed by atoms with Gasteiger partial charge >= 0.3 is 5.97 Å². The quantitative estimate of drug-likeness (QED) is 0.466. The van der Waals surface area contributed by atoms with Gasteiger partial charge in [-0.1, -0.05) is 6.92 Å². The Hall–Kier alpha value is -3.19. The molecule has 0 spiro atoms. The fourth-order valence-electron chi connectivity index (χ4n) is 1.54. The van der Waals surface area contributed by atoms with E-state index in [0.717, 1.165) is 0 Å². The summed E-state index contributed by atoms with van der Waals surface area (Å²) < 4.78 is 0. The van der Waals surface area contributed by atoms with Crippen LogP contribution >= 0.6 is 0 Å². The van der Waals surface area contributed by atoms with Gasteiger partial charge in [-0.25, -0.2) is 0 Å². The molecule has 0 aromatic heterocycles. The lowest BCUT2D eigenvalue weighted by molar-refractivity contribution is -0.137. The van der Waals surface area contributed by atoms with Gasteiger partial charge in [-0.2, -0.15) is 15.6 Å². The van der Waals surface area contributed by atoms with Gasteiger partial charge in [0.15, 0.2) is 5.78 Å². The minimum atomic E-state index is -1.02. The first-order chi connectivity index (χ1) is 9.97. The van der Waals surface area contributed by atoms with Crippen LogP contribution < -0.4 is 5.43 Å². The molecule has 1 atom stereocenters. The van der Waals surface area contributed by atoms with Crippen LogP contribution in [-0.4, -0.2) is 22.6 Å². The lowest BCUT2D eigenvalue weighted by Crippen LogP contribution is -2.15. The average Bonchev–Trinajstić information content (AvgIpc) is 2.47. The highest BCUT2D eigenvalue weighted by Crippen LogP contribution is 2.15. The number of carbonyl (C=O) groups is 2. The number of hydrazone groups is 1. The van der Waals surface area contributed by atoms with Gasteiger partial charge < -0.3 is 5.11 Å². The molecule has 0 heterocycles. The number of Topliss-reactive ketones (excluding diaryl/α,β-unsaturated/α-hetero) is 1. The van der Waals surface area contributed by atoms with Gasteiger partial charge in [0.1, 0.15) is 12.1 Å². The number of nitriles is 2. The maximum atomic E-state index is 12.0. The molecule has 1 aromatic carbocycles. The molecule has 2 N–H and O–H groups in total. The van der Waals surface area contributed by atoms with E-state index in [9.17, 15) is 9.59 Å². The van der Waals surface area contributed by atoms with Crippen molar-refractivity contribution in [3.8, 4) is 12.1 Å². The fraction of sp³-hybridized carbons (Fsp3) is 0.214. The average molecular weight is 284 g/mol. The number of anilines is 1. The molecule has 21 heavy (non-hydrogen) atoms. The van der Waals surface area contributed by atoms with E-state index < -0.39 is 11.9 Å². The number of benzene rings is 1. The van der Waals surface area contributed by atoms with E-state index >= 15 is 0 Å². The Morgan fingerprint density at radius 3 is 2.33 bits per heavy atom. The van der Waals surface area contributed by atoms with Crippen molar-refractivity contribution in [2.45, 2.75) is 13.3 Å². The van der Waals surface area contributed by atoms with Crippen LogP contribution in [0, 0.1) is 28.6 Å². The predicted octanol–water partition coefficient (Wildman–Crippen LogP) is 1.80. The van der Waals surface area contributed by atoms with Gasteiger partial charge in [0.2, 0.25) is 5.71 Å². The molecule has 1 aromatic rings. The van der Waals surface area contributed by atoms with Crippen LogP contribution in [0.15, 0.2) is 29.4 Å². The molecule has 0 aliphatic carbocycles. The summed E-state index contributed by atoms with van der Waals surface area (Å²) in [5, 5.41) is 29.3. The highest BCUT2D eigenvalue weighted by molar-refractivity contribution is 6.10. The van der Waals surface area contributed by atoms with Crippen LogP contribution in [-0.2, 0) is 4.79 Å². The number of carbonyl (C=O) groups excluding carboxylic acids is 1. The van der Waals surface area contributed by atoms with Gasteiger partial charge in [-0.3, -0.25) is 15.0 Å². The summed E-state index contributed by atoms with van der Waals surface area (Å²) in [7, 11) is 0. The van der Waals surface area contributed by atoms with E-state index in [2.05, 4.69) is 10.5 Å². The zero-order valence-electron chi connectivity index (χ0n) is 11.2. The second kappa shape index (κ2) is 7.41. The van der Waals surface area contributed by atoms with E-state index in [1.54, 1.807) is 31.2 Å². The van der Waals surface area contributed by atoms with E-state index in [0.29, 0.717) is 11.3 Å². The van der Waals surface area contributed by atoms with Crippen molar-refractivity contribution in [2.75, 3.05) is 5.43 Å². The number of rotatable bonds is 6. The number of ketones is 1. The number of carboxylic acid groups (broad SMARTS) is 1. The third kappa shape index (κ3) is 4.77. The first-order valence-corrected chi connectivity index (χ1v) is 5.98.